The Labute approximate surface area is 84.1 Å². The maximum absolute atomic E-state index is 13.2. The molecule has 0 aromatic heterocycles. The lowest BCUT2D eigenvalue weighted by atomic mass is 9.71. The van der Waals surface area contributed by atoms with Gasteiger partial charge >= 0.3 is 0 Å². The van der Waals surface area contributed by atoms with Crippen molar-refractivity contribution in [2.75, 3.05) is 0 Å². The molecule has 0 saturated heterocycles. The first-order chi connectivity index (χ1) is 6.53. The summed E-state index contributed by atoms with van der Waals surface area (Å²) in [4.78, 5) is 0. The number of hydrogen-bond donors (Lipinski definition) is 1. The summed E-state index contributed by atoms with van der Waals surface area (Å²) in [5.41, 5.74) is 8.85. The van der Waals surface area contributed by atoms with Crippen molar-refractivity contribution < 1.29 is 4.39 Å². The van der Waals surface area contributed by atoms with Crippen LogP contribution >= 0.6 is 0 Å². The molecule has 1 aliphatic rings. The molecule has 1 aliphatic carbocycles. The fraction of sp³-hybridized carbons (Fsp3) is 0.500. The SMILES string of the molecule is Cc1cc(C2(N)CCC2)c(C)cc1F. The highest BCUT2D eigenvalue weighted by Crippen LogP contribution is 2.40. The molecule has 0 radical (unpaired) electrons. The van der Waals surface area contributed by atoms with E-state index in [1.54, 1.807) is 13.0 Å². The van der Waals surface area contributed by atoms with Gasteiger partial charge in [-0.3, -0.25) is 0 Å². The van der Waals surface area contributed by atoms with E-state index in [1.165, 1.54) is 6.42 Å². The van der Waals surface area contributed by atoms with Crippen LogP contribution in [0.1, 0.15) is 36.0 Å². The number of aryl methyl sites for hydroxylation is 2. The van der Waals surface area contributed by atoms with Crippen LogP contribution in [0.25, 0.3) is 0 Å². The highest BCUT2D eigenvalue weighted by molar-refractivity contribution is 5.38. The highest BCUT2D eigenvalue weighted by atomic mass is 19.1. The third-order valence-electron chi connectivity index (χ3n) is 3.29. The van der Waals surface area contributed by atoms with Gasteiger partial charge in [0.2, 0.25) is 0 Å². The fourth-order valence-electron chi connectivity index (χ4n) is 2.14. The standard InChI is InChI=1S/C12H16FN/c1-8-7-11(13)9(2)6-10(8)12(14)4-3-5-12/h6-7H,3-5,14H2,1-2H3. The van der Waals surface area contributed by atoms with E-state index in [2.05, 4.69) is 0 Å². The summed E-state index contributed by atoms with van der Waals surface area (Å²) in [5.74, 6) is -0.130. The molecule has 2 heteroatoms. The molecule has 0 atom stereocenters. The Morgan fingerprint density at radius 3 is 2.36 bits per heavy atom. The number of hydrogen-bond acceptors (Lipinski definition) is 1. The van der Waals surface area contributed by atoms with E-state index in [4.69, 9.17) is 5.73 Å². The summed E-state index contributed by atoms with van der Waals surface area (Å²) in [6, 6.07) is 3.50. The van der Waals surface area contributed by atoms with Crippen LogP contribution in [-0.2, 0) is 5.54 Å². The average Bonchev–Trinajstić information content (AvgIpc) is 2.07. The lowest BCUT2D eigenvalue weighted by Gasteiger charge is -2.39. The monoisotopic (exact) mass is 193 g/mol. The summed E-state index contributed by atoms with van der Waals surface area (Å²) in [6.07, 6.45) is 3.24. The third-order valence-corrected chi connectivity index (χ3v) is 3.29. The van der Waals surface area contributed by atoms with Gasteiger partial charge in [0.15, 0.2) is 0 Å². The van der Waals surface area contributed by atoms with Gasteiger partial charge in [0.1, 0.15) is 5.82 Å². The third kappa shape index (κ3) is 1.34. The summed E-state index contributed by atoms with van der Waals surface area (Å²) < 4.78 is 13.2. The van der Waals surface area contributed by atoms with E-state index in [0.717, 1.165) is 24.0 Å². The minimum Gasteiger partial charge on any atom is -0.321 e. The molecular weight excluding hydrogens is 177 g/mol. The molecule has 1 saturated carbocycles. The fourth-order valence-corrected chi connectivity index (χ4v) is 2.14. The van der Waals surface area contributed by atoms with Crippen LogP contribution in [0.3, 0.4) is 0 Å². The lowest BCUT2D eigenvalue weighted by Crippen LogP contribution is -2.43. The molecule has 2 N–H and O–H groups in total. The summed E-state index contributed by atoms with van der Waals surface area (Å²) >= 11 is 0. The van der Waals surface area contributed by atoms with Crippen molar-refractivity contribution in [1.82, 2.24) is 0 Å². The Hall–Kier alpha value is -0.890. The Kier molecular flexibility index (Phi) is 2.11. The molecule has 1 aromatic rings. The van der Waals surface area contributed by atoms with Crippen LogP contribution in [0.4, 0.5) is 4.39 Å². The van der Waals surface area contributed by atoms with Crippen LogP contribution in [0.2, 0.25) is 0 Å². The van der Waals surface area contributed by atoms with Crippen LogP contribution < -0.4 is 5.73 Å². The molecule has 0 aliphatic heterocycles. The quantitative estimate of drug-likeness (QED) is 0.729. The molecule has 76 valence electrons. The first kappa shape index (κ1) is 9.66. The molecular formula is C12H16FN. The van der Waals surface area contributed by atoms with Crippen molar-refractivity contribution in [2.24, 2.45) is 5.73 Å². The van der Waals surface area contributed by atoms with E-state index in [1.807, 2.05) is 13.0 Å². The van der Waals surface area contributed by atoms with Crippen molar-refractivity contribution in [1.29, 1.82) is 0 Å². The second-order valence-corrected chi connectivity index (χ2v) is 4.43. The van der Waals surface area contributed by atoms with E-state index in [-0.39, 0.29) is 11.4 Å². The number of rotatable bonds is 1. The Morgan fingerprint density at radius 2 is 1.86 bits per heavy atom. The van der Waals surface area contributed by atoms with Gasteiger partial charge in [0, 0.05) is 5.54 Å². The lowest BCUT2D eigenvalue weighted by molar-refractivity contribution is 0.252. The molecule has 0 bridgehead atoms. The van der Waals surface area contributed by atoms with Crippen LogP contribution in [0.15, 0.2) is 12.1 Å². The van der Waals surface area contributed by atoms with Gasteiger partial charge in [-0.1, -0.05) is 6.07 Å². The molecule has 0 spiro atoms. The van der Waals surface area contributed by atoms with Gasteiger partial charge in [-0.15, -0.1) is 0 Å². The predicted molar refractivity (Wildman–Crippen MR) is 55.6 cm³/mol. The van der Waals surface area contributed by atoms with Gasteiger partial charge in [-0.05, 0) is 55.9 Å². The summed E-state index contributed by atoms with van der Waals surface area (Å²) in [7, 11) is 0. The Bertz CT molecular complexity index is 367. The van der Waals surface area contributed by atoms with E-state index in [0.29, 0.717) is 5.56 Å². The van der Waals surface area contributed by atoms with Crippen LogP contribution in [0, 0.1) is 19.7 Å². The molecule has 1 fully saturated rings. The van der Waals surface area contributed by atoms with Gasteiger partial charge in [-0.2, -0.15) is 0 Å². The van der Waals surface area contributed by atoms with Gasteiger partial charge in [-0.25, -0.2) is 4.39 Å². The van der Waals surface area contributed by atoms with Crippen molar-refractivity contribution in [3.05, 3.63) is 34.6 Å². The maximum Gasteiger partial charge on any atom is 0.126 e. The second-order valence-electron chi connectivity index (χ2n) is 4.43. The van der Waals surface area contributed by atoms with Crippen molar-refractivity contribution in [3.63, 3.8) is 0 Å². The zero-order chi connectivity index (χ0) is 10.3. The first-order valence-electron chi connectivity index (χ1n) is 5.09. The van der Waals surface area contributed by atoms with Gasteiger partial charge < -0.3 is 5.73 Å². The normalized spacial score (nSPS) is 19.1. The van der Waals surface area contributed by atoms with Crippen molar-refractivity contribution >= 4 is 0 Å². The zero-order valence-corrected chi connectivity index (χ0v) is 8.73. The number of nitrogens with two attached hydrogens (primary N) is 1. The second kappa shape index (κ2) is 3.06. The van der Waals surface area contributed by atoms with E-state index >= 15 is 0 Å². The average molecular weight is 193 g/mol. The number of benzene rings is 1. The minimum absolute atomic E-state index is 0.130. The van der Waals surface area contributed by atoms with Crippen LogP contribution in [0.5, 0.6) is 0 Å². The minimum atomic E-state index is -0.178. The molecule has 0 amide bonds. The van der Waals surface area contributed by atoms with Gasteiger partial charge in [0.05, 0.1) is 0 Å². The van der Waals surface area contributed by atoms with Crippen molar-refractivity contribution in [3.8, 4) is 0 Å². The zero-order valence-electron chi connectivity index (χ0n) is 8.73. The molecule has 0 heterocycles. The molecule has 1 nitrogen and oxygen atoms in total. The van der Waals surface area contributed by atoms with Gasteiger partial charge in [0.25, 0.3) is 0 Å². The highest BCUT2D eigenvalue weighted by Gasteiger charge is 2.35. The topological polar surface area (TPSA) is 26.0 Å². The van der Waals surface area contributed by atoms with Crippen molar-refractivity contribution in [2.45, 2.75) is 38.6 Å². The maximum atomic E-state index is 13.2. The summed E-state index contributed by atoms with van der Waals surface area (Å²) in [6.45, 7) is 3.73. The van der Waals surface area contributed by atoms with E-state index in [9.17, 15) is 4.39 Å². The summed E-state index contributed by atoms with van der Waals surface area (Å²) in [5, 5.41) is 0. The molecule has 14 heavy (non-hydrogen) atoms. The Morgan fingerprint density at radius 1 is 1.21 bits per heavy atom. The Balaban J connectivity index is 2.48. The van der Waals surface area contributed by atoms with Crippen LogP contribution in [-0.4, -0.2) is 0 Å². The largest absolute Gasteiger partial charge is 0.321 e. The predicted octanol–water partition coefficient (Wildman–Crippen LogP) is 2.78. The molecule has 1 aromatic carbocycles. The number of halogens is 1. The smallest absolute Gasteiger partial charge is 0.126 e. The first-order valence-corrected chi connectivity index (χ1v) is 5.09. The molecule has 2 rings (SSSR count). The van der Waals surface area contributed by atoms with E-state index < -0.39 is 0 Å². The molecule has 0 unspecified atom stereocenters.